The van der Waals surface area contributed by atoms with Gasteiger partial charge in [0.05, 0.1) is 22.1 Å². The molecule has 5 rings (SSSR count). The molecule has 0 amide bonds. The van der Waals surface area contributed by atoms with Crippen LogP contribution in [0.25, 0.3) is 46.4 Å². The highest BCUT2D eigenvalue weighted by atomic mass is 16.3. The van der Waals surface area contributed by atoms with Crippen LogP contribution >= 0.6 is 0 Å². The van der Waals surface area contributed by atoms with E-state index in [0.29, 0.717) is 22.1 Å². The molecule has 5 heterocycles. The van der Waals surface area contributed by atoms with Crippen LogP contribution in [0, 0.1) is 0 Å². The smallest absolute Gasteiger partial charge is 0.165 e. The normalized spacial score (nSPS) is 12.6. The highest BCUT2D eigenvalue weighted by Gasteiger charge is 2.14. The van der Waals surface area contributed by atoms with Crippen molar-refractivity contribution < 1.29 is 20.4 Å². The maximum absolute atomic E-state index is 10.5. The Bertz CT molecular complexity index is 1160. The lowest BCUT2D eigenvalue weighted by molar-refractivity contribution is 0.472. The van der Waals surface area contributed by atoms with Crippen LogP contribution in [0.2, 0.25) is 0 Å². The molecule has 28 heavy (non-hydrogen) atoms. The zero-order chi connectivity index (χ0) is 19.4. The molecule has 8 heteroatoms. The second-order valence-corrected chi connectivity index (χ2v) is 6.40. The Morgan fingerprint density at radius 3 is 0.964 bits per heavy atom. The Hall–Kier alpha value is -4.20. The van der Waals surface area contributed by atoms with Gasteiger partial charge < -0.3 is 30.4 Å². The average molecular weight is 374 g/mol. The Kier molecular flexibility index (Phi) is 3.23. The van der Waals surface area contributed by atoms with E-state index >= 15 is 0 Å². The number of aromatic hydroxyl groups is 4. The zero-order valence-corrected chi connectivity index (χ0v) is 14.3. The Labute approximate surface area is 157 Å². The molecule has 8 nitrogen and oxygen atoms in total. The molecule has 0 saturated heterocycles. The van der Waals surface area contributed by atoms with Gasteiger partial charge in [-0.3, -0.25) is 0 Å². The molecular weight excluding hydrogens is 360 g/mol. The maximum atomic E-state index is 10.5. The van der Waals surface area contributed by atoms with Gasteiger partial charge in [-0.1, -0.05) is 0 Å². The monoisotopic (exact) mass is 374 g/mol. The topological polar surface area (TPSA) is 138 Å². The van der Waals surface area contributed by atoms with Crippen molar-refractivity contribution in [3.63, 3.8) is 0 Å². The van der Waals surface area contributed by atoms with Crippen LogP contribution in [0.15, 0.2) is 24.3 Å². The first kappa shape index (κ1) is 16.0. The number of hydrogen-bond donors (Lipinski definition) is 6. The number of fused-ring (bicyclic) bond motifs is 8. The van der Waals surface area contributed by atoms with Crippen LogP contribution in [-0.4, -0.2) is 40.4 Å². The van der Waals surface area contributed by atoms with Crippen molar-refractivity contribution >= 4 is 46.4 Å². The molecule has 0 atom stereocenters. The van der Waals surface area contributed by atoms with Crippen LogP contribution in [0.5, 0.6) is 23.0 Å². The van der Waals surface area contributed by atoms with E-state index in [9.17, 15) is 20.4 Å². The van der Waals surface area contributed by atoms with Crippen molar-refractivity contribution in [3.8, 4) is 23.0 Å². The summed E-state index contributed by atoms with van der Waals surface area (Å²) < 4.78 is 0. The van der Waals surface area contributed by atoms with Crippen molar-refractivity contribution in [1.29, 1.82) is 0 Å². The summed E-state index contributed by atoms with van der Waals surface area (Å²) in [6.07, 6.45) is 6.28. The van der Waals surface area contributed by atoms with Gasteiger partial charge in [-0.05, 0) is 48.6 Å². The van der Waals surface area contributed by atoms with Crippen molar-refractivity contribution in [2.75, 3.05) is 0 Å². The van der Waals surface area contributed by atoms with Gasteiger partial charge in [-0.15, -0.1) is 0 Å². The Morgan fingerprint density at radius 2 is 0.714 bits per heavy atom. The van der Waals surface area contributed by atoms with Crippen molar-refractivity contribution in [1.82, 2.24) is 19.9 Å². The summed E-state index contributed by atoms with van der Waals surface area (Å²) in [5, 5.41) is 42.0. The maximum Gasteiger partial charge on any atom is 0.165 e. The molecular formula is C20H14N4O4. The molecule has 0 aromatic carbocycles. The van der Waals surface area contributed by atoms with Crippen molar-refractivity contribution in [2.45, 2.75) is 0 Å². The number of nitrogens with zero attached hydrogens (tertiary/aromatic N) is 2. The SMILES string of the molecule is Oc1c2nc(c(O)c3ccc([nH]3)c(O)c3nc(c(O)c4ccc1[nH]4)C=C3)C=C2. The first-order valence-corrected chi connectivity index (χ1v) is 8.43. The van der Waals surface area contributed by atoms with Gasteiger partial charge in [0.15, 0.2) is 23.0 Å². The summed E-state index contributed by atoms with van der Waals surface area (Å²) in [5.74, 6) is -0.502. The van der Waals surface area contributed by atoms with Gasteiger partial charge >= 0.3 is 0 Å². The van der Waals surface area contributed by atoms with Crippen LogP contribution in [-0.2, 0) is 0 Å². The predicted octanol–water partition coefficient (Wildman–Crippen LogP) is 3.48. The number of hydrogen-bond acceptors (Lipinski definition) is 6. The van der Waals surface area contributed by atoms with Crippen LogP contribution in [0.1, 0.15) is 22.8 Å². The molecule has 0 aliphatic carbocycles. The van der Waals surface area contributed by atoms with E-state index in [2.05, 4.69) is 19.9 Å². The highest BCUT2D eigenvalue weighted by molar-refractivity contribution is 5.86. The van der Waals surface area contributed by atoms with Gasteiger partial charge in [0.25, 0.3) is 0 Å². The molecule has 0 unspecified atom stereocenters. The van der Waals surface area contributed by atoms with Crippen LogP contribution in [0.4, 0.5) is 0 Å². The van der Waals surface area contributed by atoms with E-state index in [4.69, 9.17) is 0 Å². The fourth-order valence-corrected chi connectivity index (χ4v) is 3.15. The molecule has 2 aliphatic rings. The summed E-state index contributed by atoms with van der Waals surface area (Å²) in [7, 11) is 0. The fourth-order valence-electron chi connectivity index (χ4n) is 3.15. The minimum absolute atomic E-state index is 0.125. The van der Waals surface area contributed by atoms with Gasteiger partial charge in [0.1, 0.15) is 22.8 Å². The minimum atomic E-state index is -0.125. The molecule has 6 N–H and O–H groups in total. The second-order valence-electron chi connectivity index (χ2n) is 6.40. The van der Waals surface area contributed by atoms with Crippen LogP contribution < -0.4 is 0 Å². The largest absolute Gasteiger partial charge is 0.504 e. The minimum Gasteiger partial charge on any atom is -0.504 e. The van der Waals surface area contributed by atoms with Gasteiger partial charge in [0, 0.05) is 0 Å². The summed E-state index contributed by atoms with van der Waals surface area (Å²) in [6.45, 7) is 0. The lowest BCUT2D eigenvalue weighted by atomic mass is 10.3. The molecule has 0 fully saturated rings. The number of rotatable bonds is 0. The quantitative estimate of drug-likeness (QED) is 0.245. The molecule has 0 spiro atoms. The second kappa shape index (κ2) is 5.65. The van der Waals surface area contributed by atoms with E-state index in [1.807, 2.05) is 0 Å². The molecule has 3 aromatic heterocycles. The lowest BCUT2D eigenvalue weighted by Crippen LogP contribution is -1.80. The predicted molar refractivity (Wildman–Crippen MR) is 106 cm³/mol. The average Bonchev–Trinajstić information content (AvgIpc) is 3.49. The number of aromatic nitrogens is 4. The molecule has 8 bridgehead atoms. The third kappa shape index (κ3) is 2.32. The van der Waals surface area contributed by atoms with Crippen molar-refractivity contribution in [2.24, 2.45) is 0 Å². The van der Waals surface area contributed by atoms with Gasteiger partial charge in [0.2, 0.25) is 0 Å². The third-order valence-corrected chi connectivity index (χ3v) is 4.64. The van der Waals surface area contributed by atoms with Gasteiger partial charge in [-0.2, -0.15) is 0 Å². The summed E-state index contributed by atoms with van der Waals surface area (Å²) >= 11 is 0. The van der Waals surface area contributed by atoms with E-state index < -0.39 is 0 Å². The first-order chi connectivity index (χ1) is 13.5. The summed E-state index contributed by atoms with van der Waals surface area (Å²) in [5.41, 5.74) is 2.44. The lowest BCUT2D eigenvalue weighted by Gasteiger charge is -1.95. The van der Waals surface area contributed by atoms with E-state index in [1.54, 1.807) is 48.6 Å². The van der Waals surface area contributed by atoms with Crippen molar-refractivity contribution in [3.05, 3.63) is 47.0 Å². The molecule has 0 radical (unpaired) electrons. The molecule has 0 saturated carbocycles. The number of aromatic amines is 2. The molecule has 138 valence electrons. The summed E-state index contributed by atoms with van der Waals surface area (Å²) in [4.78, 5) is 14.3. The number of H-pyrrole nitrogens is 2. The Balaban J connectivity index is 1.97. The molecule has 2 aliphatic heterocycles. The standard InChI is InChI=1S/C20H14N4O4/c25-17-9-1-2-10(21-9)18(26)12-5-6-14(23-12)20(28)16-8-7-15(24-16)19(27)13-4-3-11(17)22-13/h1-8,21,24-28H. The number of nitrogens with one attached hydrogen (secondary N) is 2. The summed E-state index contributed by atoms with van der Waals surface area (Å²) in [6, 6.07) is 6.39. The van der Waals surface area contributed by atoms with E-state index in [0.717, 1.165) is 0 Å². The Morgan fingerprint density at radius 1 is 0.464 bits per heavy atom. The van der Waals surface area contributed by atoms with Crippen LogP contribution in [0.3, 0.4) is 0 Å². The zero-order valence-electron chi connectivity index (χ0n) is 14.3. The third-order valence-electron chi connectivity index (χ3n) is 4.64. The highest BCUT2D eigenvalue weighted by Crippen LogP contribution is 2.33. The fraction of sp³-hybridized carbons (Fsp3) is 0. The van der Waals surface area contributed by atoms with E-state index in [1.165, 1.54) is 0 Å². The first-order valence-electron chi connectivity index (χ1n) is 8.43. The molecule has 3 aromatic rings. The van der Waals surface area contributed by atoms with Gasteiger partial charge in [-0.25, -0.2) is 9.97 Å². The van der Waals surface area contributed by atoms with E-state index in [-0.39, 0.29) is 45.8 Å².